The lowest BCUT2D eigenvalue weighted by molar-refractivity contribution is -0.350. The van der Waals surface area contributed by atoms with Gasteiger partial charge in [-0.3, -0.25) is 0 Å². The standard InChI is InChI=1S/C26H11F14NO4S2/c27-21(23(29,30)31,24(32,33)34)15-9-11-5-1-3-7-13(11)17-18-14-8-4-2-6-12(14)10-16(22(28,25(35,36)37)26(38,39)40)20(18)47(44,45)41-46(42,43)19(15)17/h1-10,41H. The summed E-state index contributed by atoms with van der Waals surface area (Å²) in [6.07, 6.45) is -28.2. The van der Waals surface area contributed by atoms with Crippen LogP contribution in [0.5, 0.6) is 0 Å². The van der Waals surface area contributed by atoms with Crippen LogP contribution >= 0.6 is 0 Å². The normalized spacial score (nSPS) is 17.3. The van der Waals surface area contributed by atoms with Gasteiger partial charge in [-0.25, -0.2) is 25.6 Å². The highest BCUT2D eigenvalue weighted by atomic mass is 32.3. The quantitative estimate of drug-likeness (QED) is 0.211. The molecule has 21 heteroatoms. The summed E-state index contributed by atoms with van der Waals surface area (Å²) < 4.78 is 255. The summed E-state index contributed by atoms with van der Waals surface area (Å²) in [4.78, 5) is -4.91. The summed E-state index contributed by atoms with van der Waals surface area (Å²) in [6.45, 7) is 0. The summed E-state index contributed by atoms with van der Waals surface area (Å²) in [5.41, 5.74) is -22.4. The van der Waals surface area contributed by atoms with Crippen molar-refractivity contribution >= 4 is 41.6 Å². The maximum atomic E-state index is 15.7. The molecular formula is C26H11F14NO4S2. The third kappa shape index (κ3) is 4.74. The van der Waals surface area contributed by atoms with Gasteiger partial charge >= 0.3 is 36.0 Å². The summed E-state index contributed by atoms with van der Waals surface area (Å²) >= 11 is 0. The van der Waals surface area contributed by atoms with E-state index in [0.717, 1.165) is 24.3 Å². The number of hydrogen-bond donors (Lipinski definition) is 1. The Bertz CT molecular complexity index is 2000. The molecule has 4 aromatic rings. The average molecular weight is 731 g/mol. The molecule has 0 aromatic heterocycles. The Morgan fingerprint density at radius 3 is 1.00 bits per heavy atom. The molecule has 0 bridgehead atoms. The number of benzene rings is 4. The second-order valence-corrected chi connectivity index (χ2v) is 13.6. The third-order valence-corrected chi connectivity index (χ3v) is 11.0. The number of alkyl halides is 14. The van der Waals surface area contributed by atoms with Crippen molar-refractivity contribution in [1.29, 1.82) is 0 Å². The number of halogens is 14. The molecule has 5 nitrogen and oxygen atoms in total. The molecule has 0 radical (unpaired) electrons. The minimum absolute atomic E-state index is 0.261. The van der Waals surface area contributed by atoms with Crippen LogP contribution in [-0.2, 0) is 31.4 Å². The molecule has 254 valence electrons. The molecule has 0 saturated heterocycles. The number of fused-ring (bicyclic) bond motifs is 7. The topological polar surface area (TPSA) is 80.3 Å². The molecule has 0 spiro atoms. The van der Waals surface area contributed by atoms with Crippen molar-refractivity contribution in [3.05, 3.63) is 71.8 Å². The van der Waals surface area contributed by atoms with Gasteiger partial charge in [0, 0.05) is 22.3 Å². The molecule has 0 fully saturated rings. The Morgan fingerprint density at radius 2 is 0.723 bits per heavy atom. The molecule has 0 aliphatic carbocycles. The molecule has 1 aliphatic rings. The summed E-state index contributed by atoms with van der Waals surface area (Å²) in [5, 5.41) is -3.59. The first kappa shape index (κ1) is 34.6. The molecule has 47 heavy (non-hydrogen) atoms. The molecule has 1 heterocycles. The molecular weight excluding hydrogens is 720 g/mol. The number of hydrogen-bond acceptors (Lipinski definition) is 4. The Kier molecular flexibility index (Phi) is 7.29. The first-order valence-corrected chi connectivity index (χ1v) is 15.2. The van der Waals surface area contributed by atoms with Crippen LogP contribution < -0.4 is 4.13 Å². The van der Waals surface area contributed by atoms with Gasteiger partial charge in [0.2, 0.25) is 0 Å². The van der Waals surface area contributed by atoms with Crippen molar-refractivity contribution in [2.24, 2.45) is 0 Å². The van der Waals surface area contributed by atoms with E-state index in [1.807, 2.05) is 0 Å². The Hall–Kier alpha value is -3.72. The van der Waals surface area contributed by atoms with Gasteiger partial charge in [0.25, 0.3) is 20.0 Å². The van der Waals surface area contributed by atoms with E-state index < -0.39 is 110 Å². The van der Waals surface area contributed by atoms with Gasteiger partial charge < -0.3 is 0 Å². The Morgan fingerprint density at radius 1 is 0.447 bits per heavy atom. The monoisotopic (exact) mass is 731 g/mol. The molecule has 0 unspecified atom stereocenters. The van der Waals surface area contributed by atoms with Gasteiger partial charge in [0.05, 0.1) is 9.79 Å². The largest absolute Gasteiger partial charge is 0.435 e. The lowest BCUT2D eigenvalue weighted by Gasteiger charge is -2.33. The predicted octanol–water partition coefficient (Wildman–Crippen LogP) is 8.22. The predicted molar refractivity (Wildman–Crippen MR) is 134 cm³/mol. The maximum absolute atomic E-state index is 15.7. The summed E-state index contributed by atoms with van der Waals surface area (Å²) in [6, 6.07) is 5.89. The van der Waals surface area contributed by atoms with E-state index in [2.05, 4.69) is 0 Å². The fourth-order valence-corrected chi connectivity index (χ4v) is 9.15. The van der Waals surface area contributed by atoms with Crippen LogP contribution in [0.1, 0.15) is 11.1 Å². The van der Waals surface area contributed by atoms with Gasteiger partial charge in [0.1, 0.15) is 0 Å². The lowest BCUT2D eigenvalue weighted by Crippen LogP contribution is -2.51. The number of rotatable bonds is 2. The summed E-state index contributed by atoms with van der Waals surface area (Å²) in [7, 11) is -13.1. The van der Waals surface area contributed by atoms with Gasteiger partial charge in [-0.1, -0.05) is 48.5 Å². The minimum Gasteiger partial charge on any atom is -0.218 e. The second-order valence-electron chi connectivity index (χ2n) is 10.1. The Balaban J connectivity index is 2.24. The van der Waals surface area contributed by atoms with Gasteiger partial charge in [0.15, 0.2) is 0 Å². The SMILES string of the molecule is O=S1(=O)NS(=O)(=O)c2c(C(F)(C(F)(F)F)C(F)(F)F)cc3ccccc3c2-c2c1c(C(F)(C(F)(F)F)C(F)(F)F)cc1ccccc21. The van der Waals surface area contributed by atoms with Crippen LogP contribution in [0.2, 0.25) is 0 Å². The minimum atomic E-state index is -7.06. The van der Waals surface area contributed by atoms with Crippen molar-refractivity contribution in [2.45, 2.75) is 45.8 Å². The zero-order valence-corrected chi connectivity index (χ0v) is 23.6. The van der Waals surface area contributed by atoms with Gasteiger partial charge in [-0.05, 0) is 33.7 Å². The van der Waals surface area contributed by atoms with E-state index in [4.69, 9.17) is 0 Å². The highest BCUT2D eigenvalue weighted by molar-refractivity contribution is 8.05. The van der Waals surface area contributed by atoms with E-state index >= 15 is 8.78 Å². The fraction of sp³-hybridized carbons (Fsp3) is 0.231. The zero-order valence-electron chi connectivity index (χ0n) is 22.0. The van der Waals surface area contributed by atoms with Crippen LogP contribution in [0.3, 0.4) is 0 Å². The van der Waals surface area contributed by atoms with Gasteiger partial charge in [-0.15, -0.1) is 4.13 Å². The highest BCUT2D eigenvalue weighted by Crippen LogP contribution is 2.60. The van der Waals surface area contributed by atoms with E-state index in [1.165, 1.54) is 0 Å². The van der Waals surface area contributed by atoms with Crippen LogP contribution in [0, 0.1) is 0 Å². The molecule has 4 aromatic carbocycles. The van der Waals surface area contributed by atoms with Crippen molar-refractivity contribution in [2.75, 3.05) is 0 Å². The van der Waals surface area contributed by atoms with Crippen molar-refractivity contribution < 1.29 is 78.3 Å². The molecule has 1 aliphatic heterocycles. The fourth-order valence-electron chi connectivity index (χ4n) is 5.38. The van der Waals surface area contributed by atoms with Crippen LogP contribution in [0.4, 0.5) is 61.5 Å². The van der Waals surface area contributed by atoms with Gasteiger partial charge in [-0.2, -0.15) is 52.7 Å². The molecule has 5 rings (SSSR count). The highest BCUT2D eigenvalue weighted by Gasteiger charge is 2.76. The van der Waals surface area contributed by atoms with Crippen LogP contribution in [0.25, 0.3) is 32.7 Å². The first-order valence-electron chi connectivity index (χ1n) is 12.2. The summed E-state index contributed by atoms with van der Waals surface area (Å²) in [5.74, 6) is 0. The van der Waals surface area contributed by atoms with E-state index in [-0.39, 0.29) is 12.1 Å². The second kappa shape index (κ2) is 9.91. The molecule has 0 saturated carbocycles. The average Bonchev–Trinajstić information content (AvgIpc) is 2.98. The smallest absolute Gasteiger partial charge is 0.218 e. The van der Waals surface area contributed by atoms with Crippen molar-refractivity contribution in [3.63, 3.8) is 0 Å². The third-order valence-electron chi connectivity index (χ3n) is 7.31. The molecule has 0 amide bonds. The number of sulfonamides is 2. The zero-order chi connectivity index (χ0) is 35.6. The van der Waals surface area contributed by atoms with E-state index in [9.17, 15) is 69.5 Å². The Labute approximate surface area is 252 Å². The van der Waals surface area contributed by atoms with Crippen molar-refractivity contribution in [3.8, 4) is 11.1 Å². The lowest BCUT2D eigenvalue weighted by atomic mass is 9.83. The number of nitrogens with one attached hydrogen (secondary N) is 1. The van der Waals surface area contributed by atoms with E-state index in [0.29, 0.717) is 28.4 Å². The first-order chi connectivity index (χ1) is 21.1. The van der Waals surface area contributed by atoms with E-state index in [1.54, 1.807) is 0 Å². The molecule has 0 atom stereocenters. The molecule has 1 N–H and O–H groups in total. The maximum Gasteiger partial charge on any atom is 0.435 e. The van der Waals surface area contributed by atoms with Crippen molar-refractivity contribution in [1.82, 2.24) is 4.13 Å². The van der Waals surface area contributed by atoms with Crippen LogP contribution in [0.15, 0.2) is 70.5 Å². The van der Waals surface area contributed by atoms with Crippen LogP contribution in [-0.4, -0.2) is 41.5 Å².